The predicted molar refractivity (Wildman–Crippen MR) is 108 cm³/mol. The first kappa shape index (κ1) is 18.1. The second-order valence-corrected chi connectivity index (χ2v) is 7.47. The SMILES string of the molecule is CCn1c(SCC(=O)N2CCOC(c3ccccc3)C2)nc2ccccc21. The van der Waals surface area contributed by atoms with Gasteiger partial charge < -0.3 is 14.2 Å². The van der Waals surface area contributed by atoms with Gasteiger partial charge in [0.2, 0.25) is 5.91 Å². The summed E-state index contributed by atoms with van der Waals surface area (Å²) in [6, 6.07) is 18.2. The van der Waals surface area contributed by atoms with E-state index in [0.29, 0.717) is 25.4 Å². The summed E-state index contributed by atoms with van der Waals surface area (Å²) in [5.41, 5.74) is 3.21. The van der Waals surface area contributed by atoms with Gasteiger partial charge in [-0.1, -0.05) is 54.2 Å². The summed E-state index contributed by atoms with van der Waals surface area (Å²) in [4.78, 5) is 19.4. The van der Waals surface area contributed by atoms with E-state index >= 15 is 0 Å². The van der Waals surface area contributed by atoms with E-state index in [-0.39, 0.29) is 12.0 Å². The minimum atomic E-state index is -0.0471. The van der Waals surface area contributed by atoms with Crippen LogP contribution in [0.15, 0.2) is 59.8 Å². The van der Waals surface area contributed by atoms with E-state index in [1.807, 2.05) is 41.3 Å². The predicted octanol–water partition coefficient (Wildman–Crippen LogP) is 3.75. The number of carbonyl (C=O) groups excluding carboxylic acids is 1. The van der Waals surface area contributed by atoms with Crippen LogP contribution in [-0.2, 0) is 16.1 Å². The molecule has 4 rings (SSSR count). The van der Waals surface area contributed by atoms with Crippen LogP contribution in [-0.4, -0.2) is 45.8 Å². The lowest BCUT2D eigenvalue weighted by Gasteiger charge is -2.33. The third-order valence-electron chi connectivity index (χ3n) is 4.85. The lowest BCUT2D eigenvalue weighted by Crippen LogP contribution is -2.43. The Hall–Kier alpha value is -2.31. The Morgan fingerprint density at radius 2 is 1.96 bits per heavy atom. The number of thioether (sulfide) groups is 1. The third kappa shape index (κ3) is 3.87. The van der Waals surface area contributed by atoms with Gasteiger partial charge >= 0.3 is 0 Å². The molecule has 1 amide bonds. The largest absolute Gasteiger partial charge is 0.370 e. The van der Waals surface area contributed by atoms with E-state index < -0.39 is 0 Å². The van der Waals surface area contributed by atoms with Crippen molar-refractivity contribution in [3.8, 4) is 0 Å². The van der Waals surface area contributed by atoms with Gasteiger partial charge in [0, 0.05) is 13.1 Å². The van der Waals surface area contributed by atoms with Gasteiger partial charge in [0.25, 0.3) is 0 Å². The van der Waals surface area contributed by atoms with Crippen LogP contribution in [0.3, 0.4) is 0 Å². The molecular formula is C21H23N3O2S. The van der Waals surface area contributed by atoms with Crippen molar-refractivity contribution in [3.05, 3.63) is 60.2 Å². The number of carbonyl (C=O) groups is 1. The van der Waals surface area contributed by atoms with Crippen LogP contribution in [0.5, 0.6) is 0 Å². The number of nitrogens with zero attached hydrogens (tertiary/aromatic N) is 3. The lowest BCUT2D eigenvalue weighted by atomic mass is 10.1. The molecule has 0 spiro atoms. The second kappa shape index (κ2) is 8.15. The maximum Gasteiger partial charge on any atom is 0.233 e. The van der Waals surface area contributed by atoms with Crippen molar-refractivity contribution in [1.29, 1.82) is 0 Å². The van der Waals surface area contributed by atoms with Gasteiger partial charge in [0.05, 0.1) is 29.9 Å². The summed E-state index contributed by atoms with van der Waals surface area (Å²) in [6.07, 6.45) is -0.0471. The molecule has 1 atom stereocenters. The molecule has 2 aromatic carbocycles. The molecule has 0 bridgehead atoms. The normalized spacial score (nSPS) is 17.4. The number of amides is 1. The number of ether oxygens (including phenoxy) is 1. The van der Waals surface area contributed by atoms with Crippen LogP contribution >= 0.6 is 11.8 Å². The number of benzene rings is 2. The molecule has 0 N–H and O–H groups in total. The fourth-order valence-corrected chi connectivity index (χ4v) is 4.41. The van der Waals surface area contributed by atoms with Gasteiger partial charge in [-0.3, -0.25) is 4.79 Å². The number of hydrogen-bond donors (Lipinski definition) is 0. The number of morpholine rings is 1. The Balaban J connectivity index is 1.42. The number of aromatic nitrogens is 2. The van der Waals surface area contributed by atoms with Crippen molar-refractivity contribution >= 4 is 28.7 Å². The molecule has 0 radical (unpaired) electrons. The molecule has 1 unspecified atom stereocenters. The van der Waals surface area contributed by atoms with E-state index in [1.165, 1.54) is 11.8 Å². The van der Waals surface area contributed by atoms with E-state index in [1.54, 1.807) is 0 Å². The topological polar surface area (TPSA) is 47.4 Å². The lowest BCUT2D eigenvalue weighted by molar-refractivity contribution is -0.136. The van der Waals surface area contributed by atoms with Crippen LogP contribution < -0.4 is 0 Å². The highest BCUT2D eigenvalue weighted by molar-refractivity contribution is 7.99. The zero-order valence-corrected chi connectivity index (χ0v) is 16.2. The molecule has 5 nitrogen and oxygen atoms in total. The highest BCUT2D eigenvalue weighted by atomic mass is 32.2. The van der Waals surface area contributed by atoms with Gasteiger partial charge in [-0.2, -0.15) is 0 Å². The Bertz CT molecular complexity index is 926. The van der Waals surface area contributed by atoms with Crippen molar-refractivity contribution in [1.82, 2.24) is 14.5 Å². The van der Waals surface area contributed by atoms with Crippen molar-refractivity contribution in [2.24, 2.45) is 0 Å². The zero-order valence-electron chi connectivity index (χ0n) is 15.4. The number of fused-ring (bicyclic) bond motifs is 1. The minimum Gasteiger partial charge on any atom is -0.370 e. The minimum absolute atomic E-state index is 0.0471. The van der Waals surface area contributed by atoms with Crippen LogP contribution in [0.1, 0.15) is 18.6 Å². The maximum atomic E-state index is 12.8. The van der Waals surface area contributed by atoms with Crippen molar-refractivity contribution in [2.45, 2.75) is 24.7 Å². The Kier molecular flexibility index (Phi) is 5.45. The molecule has 6 heteroatoms. The van der Waals surface area contributed by atoms with Gasteiger partial charge in [-0.25, -0.2) is 4.98 Å². The molecular weight excluding hydrogens is 358 g/mol. The Morgan fingerprint density at radius 1 is 1.19 bits per heavy atom. The number of rotatable bonds is 5. The summed E-state index contributed by atoms with van der Waals surface area (Å²) in [5.74, 6) is 0.532. The average molecular weight is 382 g/mol. The Labute approximate surface area is 163 Å². The molecule has 140 valence electrons. The number of aryl methyl sites for hydroxylation is 1. The summed E-state index contributed by atoms with van der Waals surface area (Å²) in [6.45, 7) is 4.76. The molecule has 27 heavy (non-hydrogen) atoms. The quantitative estimate of drug-likeness (QED) is 0.632. The van der Waals surface area contributed by atoms with Crippen LogP contribution in [0.25, 0.3) is 11.0 Å². The molecule has 0 aliphatic carbocycles. The molecule has 1 aliphatic heterocycles. The molecule has 1 fully saturated rings. The van der Waals surface area contributed by atoms with Crippen molar-refractivity contribution < 1.29 is 9.53 Å². The highest BCUT2D eigenvalue weighted by Crippen LogP contribution is 2.26. The van der Waals surface area contributed by atoms with Crippen LogP contribution in [0, 0.1) is 0 Å². The highest BCUT2D eigenvalue weighted by Gasteiger charge is 2.25. The molecule has 1 aliphatic rings. The van der Waals surface area contributed by atoms with E-state index in [0.717, 1.165) is 28.3 Å². The second-order valence-electron chi connectivity index (χ2n) is 6.53. The van der Waals surface area contributed by atoms with E-state index in [2.05, 4.69) is 29.7 Å². The van der Waals surface area contributed by atoms with Gasteiger partial charge in [0.15, 0.2) is 5.16 Å². The summed E-state index contributed by atoms with van der Waals surface area (Å²) >= 11 is 1.52. The number of hydrogen-bond acceptors (Lipinski definition) is 4. The smallest absolute Gasteiger partial charge is 0.233 e. The van der Waals surface area contributed by atoms with Crippen molar-refractivity contribution in [3.63, 3.8) is 0 Å². The fourth-order valence-electron chi connectivity index (χ4n) is 3.43. The summed E-state index contributed by atoms with van der Waals surface area (Å²) < 4.78 is 8.03. The maximum absolute atomic E-state index is 12.8. The zero-order chi connectivity index (χ0) is 18.6. The van der Waals surface area contributed by atoms with Gasteiger partial charge in [-0.15, -0.1) is 0 Å². The van der Waals surface area contributed by atoms with E-state index in [4.69, 9.17) is 9.72 Å². The number of para-hydroxylation sites is 2. The standard InChI is InChI=1S/C21H23N3O2S/c1-2-24-18-11-7-6-10-17(18)22-21(24)27-15-20(25)23-12-13-26-19(14-23)16-8-4-3-5-9-16/h3-11,19H,2,12-15H2,1H3. The monoisotopic (exact) mass is 381 g/mol. The third-order valence-corrected chi connectivity index (χ3v) is 5.81. The molecule has 3 aromatic rings. The first-order valence-corrected chi connectivity index (χ1v) is 10.3. The Morgan fingerprint density at radius 3 is 2.78 bits per heavy atom. The van der Waals surface area contributed by atoms with Gasteiger partial charge in [0.1, 0.15) is 6.10 Å². The first-order chi connectivity index (χ1) is 13.3. The van der Waals surface area contributed by atoms with Gasteiger partial charge in [-0.05, 0) is 24.6 Å². The molecule has 1 saturated heterocycles. The van der Waals surface area contributed by atoms with E-state index in [9.17, 15) is 4.79 Å². The van der Waals surface area contributed by atoms with Crippen LogP contribution in [0.4, 0.5) is 0 Å². The molecule has 2 heterocycles. The fraction of sp³-hybridized carbons (Fsp3) is 0.333. The molecule has 1 aromatic heterocycles. The summed E-state index contributed by atoms with van der Waals surface area (Å²) in [5, 5.41) is 0.903. The van der Waals surface area contributed by atoms with Crippen molar-refractivity contribution in [2.75, 3.05) is 25.4 Å². The molecule has 0 saturated carbocycles. The van der Waals surface area contributed by atoms with Crippen LogP contribution in [0.2, 0.25) is 0 Å². The first-order valence-electron chi connectivity index (χ1n) is 9.28. The average Bonchev–Trinajstić information content (AvgIpc) is 3.10. The summed E-state index contributed by atoms with van der Waals surface area (Å²) in [7, 11) is 0. The number of imidazole rings is 1.